The zero-order valence-corrected chi connectivity index (χ0v) is 16.5. The minimum Gasteiger partial charge on any atom is -0.457 e. The van der Waals surface area contributed by atoms with Crippen LogP contribution in [0.5, 0.6) is 11.5 Å². The molecule has 0 saturated carbocycles. The van der Waals surface area contributed by atoms with Crippen LogP contribution < -0.4 is 4.74 Å². The van der Waals surface area contributed by atoms with E-state index in [-0.39, 0.29) is 23.4 Å². The van der Waals surface area contributed by atoms with Gasteiger partial charge in [-0.05, 0) is 67.4 Å². The zero-order valence-electron chi connectivity index (χ0n) is 16.5. The van der Waals surface area contributed by atoms with Gasteiger partial charge in [-0.15, -0.1) is 0 Å². The minimum atomic E-state index is -0.356. The highest BCUT2D eigenvalue weighted by molar-refractivity contribution is 5.98. The highest BCUT2D eigenvalue weighted by atomic mass is 19.1. The Labute approximate surface area is 174 Å². The molecule has 0 radical (unpaired) electrons. The fourth-order valence-electron chi connectivity index (χ4n) is 3.69. The van der Waals surface area contributed by atoms with Crippen LogP contribution in [-0.4, -0.2) is 29.7 Å². The molecule has 5 heteroatoms. The Morgan fingerprint density at radius 3 is 2.17 bits per heavy atom. The fourth-order valence-corrected chi connectivity index (χ4v) is 3.69. The number of amides is 1. The van der Waals surface area contributed by atoms with E-state index < -0.39 is 0 Å². The summed E-state index contributed by atoms with van der Waals surface area (Å²) in [5, 5.41) is 0. The quantitative estimate of drug-likeness (QED) is 0.539. The van der Waals surface area contributed by atoms with E-state index in [1.807, 2.05) is 36.4 Å². The Kier molecular flexibility index (Phi) is 5.89. The van der Waals surface area contributed by atoms with Crippen LogP contribution in [0.2, 0.25) is 0 Å². The van der Waals surface area contributed by atoms with Crippen molar-refractivity contribution in [3.8, 4) is 11.5 Å². The summed E-state index contributed by atoms with van der Waals surface area (Å²) in [5.41, 5.74) is 1.08. The van der Waals surface area contributed by atoms with Gasteiger partial charge >= 0.3 is 0 Å². The van der Waals surface area contributed by atoms with E-state index in [1.54, 1.807) is 23.1 Å². The van der Waals surface area contributed by atoms with Crippen molar-refractivity contribution < 1.29 is 18.7 Å². The van der Waals surface area contributed by atoms with Gasteiger partial charge in [0.05, 0.1) is 0 Å². The number of carbonyl (C=O) groups excluding carboxylic acids is 2. The molecule has 152 valence electrons. The third-order valence-electron chi connectivity index (χ3n) is 5.34. The molecule has 4 nitrogen and oxygen atoms in total. The lowest BCUT2D eigenvalue weighted by Gasteiger charge is -2.31. The van der Waals surface area contributed by atoms with Crippen LogP contribution >= 0.6 is 0 Å². The Bertz CT molecular complexity index is 1030. The first-order chi connectivity index (χ1) is 14.6. The van der Waals surface area contributed by atoms with Gasteiger partial charge in [0.2, 0.25) is 0 Å². The van der Waals surface area contributed by atoms with Gasteiger partial charge in [0, 0.05) is 30.1 Å². The van der Waals surface area contributed by atoms with Crippen molar-refractivity contribution in [2.75, 3.05) is 13.1 Å². The SMILES string of the molecule is O=C(c1ccc(F)cc1)C1CCN(C(=O)c2cccc(Oc3ccccc3)c2)CC1. The van der Waals surface area contributed by atoms with Crippen molar-refractivity contribution in [2.24, 2.45) is 5.92 Å². The summed E-state index contributed by atoms with van der Waals surface area (Å²) in [7, 11) is 0. The van der Waals surface area contributed by atoms with E-state index in [1.165, 1.54) is 24.3 Å². The number of para-hydroxylation sites is 1. The predicted octanol–water partition coefficient (Wildman–Crippen LogP) is 5.35. The largest absolute Gasteiger partial charge is 0.457 e. The second-order valence-corrected chi connectivity index (χ2v) is 7.38. The van der Waals surface area contributed by atoms with Gasteiger partial charge < -0.3 is 9.64 Å². The predicted molar refractivity (Wildman–Crippen MR) is 112 cm³/mol. The fraction of sp³-hybridized carbons (Fsp3) is 0.200. The molecule has 0 aliphatic carbocycles. The van der Waals surface area contributed by atoms with Crippen LogP contribution in [0.4, 0.5) is 4.39 Å². The molecule has 0 N–H and O–H groups in total. The van der Waals surface area contributed by atoms with Crippen molar-refractivity contribution in [1.82, 2.24) is 4.90 Å². The smallest absolute Gasteiger partial charge is 0.253 e. The summed E-state index contributed by atoms with van der Waals surface area (Å²) in [4.78, 5) is 27.3. The average molecular weight is 403 g/mol. The molecule has 1 aliphatic rings. The molecular weight excluding hydrogens is 381 g/mol. The maximum Gasteiger partial charge on any atom is 0.253 e. The number of hydrogen-bond donors (Lipinski definition) is 0. The Morgan fingerprint density at radius 2 is 1.47 bits per heavy atom. The van der Waals surface area contributed by atoms with Crippen molar-refractivity contribution >= 4 is 11.7 Å². The van der Waals surface area contributed by atoms with Gasteiger partial charge in [-0.25, -0.2) is 4.39 Å². The molecule has 1 saturated heterocycles. The van der Waals surface area contributed by atoms with E-state index in [9.17, 15) is 14.0 Å². The molecule has 1 aliphatic heterocycles. The van der Waals surface area contributed by atoms with E-state index in [2.05, 4.69) is 0 Å². The van der Waals surface area contributed by atoms with Crippen LogP contribution in [0.15, 0.2) is 78.9 Å². The third-order valence-corrected chi connectivity index (χ3v) is 5.34. The van der Waals surface area contributed by atoms with Gasteiger partial charge in [0.15, 0.2) is 5.78 Å². The Hall–Kier alpha value is -3.47. The number of Topliss-reactive ketones (excluding diaryl/α,β-unsaturated/α-hetero) is 1. The van der Waals surface area contributed by atoms with Gasteiger partial charge in [-0.3, -0.25) is 9.59 Å². The number of hydrogen-bond acceptors (Lipinski definition) is 3. The van der Waals surface area contributed by atoms with Crippen LogP contribution in [0.1, 0.15) is 33.6 Å². The molecule has 1 amide bonds. The molecule has 3 aromatic carbocycles. The maximum absolute atomic E-state index is 13.1. The first-order valence-corrected chi connectivity index (χ1v) is 10.0. The Balaban J connectivity index is 1.38. The van der Waals surface area contributed by atoms with E-state index >= 15 is 0 Å². The topological polar surface area (TPSA) is 46.6 Å². The van der Waals surface area contributed by atoms with Gasteiger partial charge in [0.1, 0.15) is 17.3 Å². The highest BCUT2D eigenvalue weighted by Gasteiger charge is 2.28. The third kappa shape index (κ3) is 4.57. The number of likely N-dealkylation sites (tertiary alicyclic amines) is 1. The molecule has 1 heterocycles. The second-order valence-electron chi connectivity index (χ2n) is 7.38. The lowest BCUT2D eigenvalue weighted by Crippen LogP contribution is -2.40. The van der Waals surface area contributed by atoms with Gasteiger partial charge in [-0.2, -0.15) is 0 Å². The zero-order chi connectivity index (χ0) is 20.9. The molecule has 0 spiro atoms. The number of halogens is 1. The summed E-state index contributed by atoms with van der Waals surface area (Å²) in [6.45, 7) is 1.03. The summed E-state index contributed by atoms with van der Waals surface area (Å²) in [6, 6.07) is 22.2. The van der Waals surface area contributed by atoms with E-state index in [0.29, 0.717) is 48.6 Å². The first kappa shape index (κ1) is 19.8. The molecule has 4 rings (SSSR count). The molecule has 3 aromatic rings. The molecular formula is C25H22FNO3. The number of carbonyl (C=O) groups is 2. The number of ether oxygens (including phenoxy) is 1. The number of piperidine rings is 1. The van der Waals surface area contributed by atoms with Gasteiger partial charge in [0.25, 0.3) is 5.91 Å². The second kappa shape index (κ2) is 8.91. The standard InChI is InChI=1S/C25H22FNO3/c26-21-11-9-18(10-12-21)24(28)19-13-15-27(16-14-19)25(29)20-5-4-8-23(17-20)30-22-6-2-1-3-7-22/h1-12,17,19H,13-16H2. The normalized spacial score (nSPS) is 14.4. The van der Waals surface area contributed by atoms with Crippen LogP contribution in [-0.2, 0) is 0 Å². The number of nitrogens with zero attached hydrogens (tertiary/aromatic N) is 1. The van der Waals surface area contributed by atoms with E-state index in [4.69, 9.17) is 4.74 Å². The first-order valence-electron chi connectivity index (χ1n) is 10.0. The Morgan fingerprint density at radius 1 is 0.800 bits per heavy atom. The van der Waals surface area contributed by atoms with Crippen molar-refractivity contribution in [3.05, 3.63) is 95.8 Å². The van der Waals surface area contributed by atoms with E-state index in [0.717, 1.165) is 0 Å². The van der Waals surface area contributed by atoms with Gasteiger partial charge in [-0.1, -0.05) is 24.3 Å². The van der Waals surface area contributed by atoms with Crippen LogP contribution in [0.3, 0.4) is 0 Å². The summed E-state index contributed by atoms with van der Waals surface area (Å²) in [6.07, 6.45) is 1.20. The maximum atomic E-state index is 13.1. The summed E-state index contributed by atoms with van der Waals surface area (Å²) < 4.78 is 18.9. The summed E-state index contributed by atoms with van der Waals surface area (Å²) in [5.74, 6) is 0.759. The number of rotatable bonds is 5. The average Bonchev–Trinajstić information content (AvgIpc) is 2.80. The van der Waals surface area contributed by atoms with Crippen molar-refractivity contribution in [2.45, 2.75) is 12.8 Å². The lowest BCUT2D eigenvalue weighted by atomic mass is 9.88. The molecule has 1 fully saturated rings. The van der Waals surface area contributed by atoms with Crippen LogP contribution in [0, 0.1) is 11.7 Å². The molecule has 30 heavy (non-hydrogen) atoms. The summed E-state index contributed by atoms with van der Waals surface area (Å²) >= 11 is 0. The monoisotopic (exact) mass is 403 g/mol. The van der Waals surface area contributed by atoms with Crippen molar-refractivity contribution in [3.63, 3.8) is 0 Å². The number of benzene rings is 3. The molecule has 0 bridgehead atoms. The minimum absolute atomic E-state index is 0.0142. The lowest BCUT2D eigenvalue weighted by molar-refractivity contribution is 0.0650. The molecule has 0 aromatic heterocycles. The van der Waals surface area contributed by atoms with Crippen molar-refractivity contribution in [1.29, 1.82) is 0 Å². The highest BCUT2D eigenvalue weighted by Crippen LogP contribution is 2.25. The number of ketones is 1. The van der Waals surface area contributed by atoms with Crippen LogP contribution in [0.25, 0.3) is 0 Å². The molecule has 0 unspecified atom stereocenters. The molecule has 0 atom stereocenters.